The number of Topliss-reactive ketones (excluding diaryl/α,β-unsaturated/α-hetero) is 1. The van der Waals surface area contributed by atoms with Gasteiger partial charge in [-0.05, 0) is 18.8 Å². The molecule has 0 spiro atoms. The highest BCUT2D eigenvalue weighted by Gasteiger charge is 2.46. The lowest BCUT2D eigenvalue weighted by atomic mass is 10.00. The number of carbonyl (C=O) groups excluding carboxylic acids is 1. The van der Waals surface area contributed by atoms with Gasteiger partial charge in [-0.2, -0.15) is 0 Å². The van der Waals surface area contributed by atoms with E-state index in [2.05, 4.69) is 0 Å². The van der Waals surface area contributed by atoms with Gasteiger partial charge in [0.15, 0.2) is 0 Å². The lowest BCUT2D eigenvalue weighted by Gasteiger charge is -2.03. The molecule has 2 heteroatoms. The Labute approximate surface area is 53.9 Å². The molecule has 2 fully saturated rings. The van der Waals surface area contributed by atoms with Crippen LogP contribution in [0.2, 0.25) is 0 Å². The summed E-state index contributed by atoms with van der Waals surface area (Å²) in [7, 11) is 0. The van der Waals surface area contributed by atoms with Crippen molar-refractivity contribution >= 4 is 5.78 Å². The van der Waals surface area contributed by atoms with E-state index >= 15 is 0 Å². The van der Waals surface area contributed by atoms with Crippen molar-refractivity contribution in [1.29, 1.82) is 0 Å². The van der Waals surface area contributed by atoms with Crippen LogP contribution < -0.4 is 0 Å². The van der Waals surface area contributed by atoms with Crippen molar-refractivity contribution in [3.63, 3.8) is 0 Å². The van der Waals surface area contributed by atoms with E-state index in [1.807, 2.05) is 0 Å². The molecule has 0 amide bonds. The first-order chi connectivity index (χ1) is 4.29. The number of fused-ring (bicyclic) bond motifs is 2. The van der Waals surface area contributed by atoms with Gasteiger partial charge in [0.25, 0.3) is 0 Å². The van der Waals surface area contributed by atoms with Crippen LogP contribution in [0.1, 0.15) is 19.3 Å². The third-order valence-electron chi connectivity index (χ3n) is 2.62. The number of rotatable bonds is 0. The third-order valence-corrected chi connectivity index (χ3v) is 2.62. The molecule has 1 N–H and O–H groups in total. The van der Waals surface area contributed by atoms with Crippen molar-refractivity contribution < 1.29 is 9.90 Å². The molecular formula is C7H10O2. The van der Waals surface area contributed by atoms with Gasteiger partial charge < -0.3 is 5.11 Å². The van der Waals surface area contributed by atoms with E-state index in [1.54, 1.807) is 0 Å². The first-order valence-electron chi connectivity index (χ1n) is 3.50. The Balaban J connectivity index is 2.26. The van der Waals surface area contributed by atoms with Crippen LogP contribution in [0.15, 0.2) is 0 Å². The van der Waals surface area contributed by atoms with Crippen LogP contribution >= 0.6 is 0 Å². The van der Waals surface area contributed by atoms with Gasteiger partial charge in [-0.15, -0.1) is 0 Å². The van der Waals surface area contributed by atoms with Crippen LogP contribution in [-0.2, 0) is 4.79 Å². The number of hydrogen-bond acceptors (Lipinski definition) is 2. The molecule has 0 heterocycles. The smallest absolute Gasteiger partial charge is 0.138 e. The topological polar surface area (TPSA) is 37.3 Å². The van der Waals surface area contributed by atoms with Crippen molar-refractivity contribution in [2.45, 2.75) is 25.4 Å². The molecule has 3 atom stereocenters. The molecule has 9 heavy (non-hydrogen) atoms. The largest absolute Gasteiger partial charge is 0.392 e. The molecule has 0 aliphatic heterocycles. The normalized spacial score (nSPS) is 48.6. The summed E-state index contributed by atoms with van der Waals surface area (Å²) in [6, 6.07) is 0. The van der Waals surface area contributed by atoms with Gasteiger partial charge in [-0.3, -0.25) is 4.79 Å². The van der Waals surface area contributed by atoms with Gasteiger partial charge in [-0.1, -0.05) is 0 Å². The quantitative estimate of drug-likeness (QED) is 0.508. The van der Waals surface area contributed by atoms with Crippen LogP contribution in [0.4, 0.5) is 0 Å². The average molecular weight is 126 g/mol. The summed E-state index contributed by atoms with van der Waals surface area (Å²) in [5.74, 6) is 0.635. The van der Waals surface area contributed by atoms with Gasteiger partial charge in [0, 0.05) is 12.3 Å². The number of aliphatic hydroxyl groups is 1. The molecule has 0 radical (unpaired) electrons. The molecule has 2 aliphatic carbocycles. The molecule has 2 aliphatic rings. The minimum atomic E-state index is -0.280. The highest BCUT2D eigenvalue weighted by molar-refractivity contribution is 5.85. The average Bonchev–Trinajstić information content (AvgIpc) is 2.25. The molecule has 2 nitrogen and oxygen atoms in total. The number of aliphatic hydroxyl groups excluding tert-OH is 1. The molecule has 50 valence electrons. The van der Waals surface area contributed by atoms with Gasteiger partial charge in [-0.25, -0.2) is 0 Å². The van der Waals surface area contributed by atoms with E-state index in [0.717, 1.165) is 12.8 Å². The third kappa shape index (κ3) is 0.568. The SMILES string of the molecule is O=C1CC2CCC1C2O. The van der Waals surface area contributed by atoms with Gasteiger partial charge in [0.2, 0.25) is 0 Å². The maximum absolute atomic E-state index is 10.9. The summed E-state index contributed by atoms with van der Waals surface area (Å²) in [6.07, 6.45) is 2.37. The summed E-state index contributed by atoms with van der Waals surface area (Å²) in [5, 5.41) is 9.28. The molecule has 3 unspecified atom stereocenters. The minimum absolute atomic E-state index is 0.0231. The van der Waals surface area contributed by atoms with Gasteiger partial charge in [0.1, 0.15) is 5.78 Å². The fraction of sp³-hybridized carbons (Fsp3) is 0.857. The van der Waals surface area contributed by atoms with Crippen molar-refractivity contribution in [3.05, 3.63) is 0 Å². The summed E-state index contributed by atoms with van der Waals surface area (Å²) < 4.78 is 0. The van der Waals surface area contributed by atoms with Crippen LogP contribution in [0.25, 0.3) is 0 Å². The zero-order valence-corrected chi connectivity index (χ0v) is 5.21. The maximum atomic E-state index is 10.9. The van der Waals surface area contributed by atoms with E-state index in [0.29, 0.717) is 18.1 Å². The lowest BCUT2D eigenvalue weighted by Crippen LogP contribution is -2.14. The van der Waals surface area contributed by atoms with Crippen molar-refractivity contribution in [3.8, 4) is 0 Å². The first kappa shape index (κ1) is 5.42. The molecule has 0 aromatic heterocycles. The predicted molar refractivity (Wildman–Crippen MR) is 31.8 cm³/mol. The maximum Gasteiger partial charge on any atom is 0.138 e. The molecule has 2 bridgehead atoms. The predicted octanol–water partition coefficient (Wildman–Crippen LogP) is 0.346. The fourth-order valence-electron chi connectivity index (χ4n) is 2.05. The number of ketones is 1. The Hall–Kier alpha value is -0.370. The summed E-state index contributed by atoms with van der Waals surface area (Å²) in [4.78, 5) is 10.9. The number of hydrogen-bond donors (Lipinski definition) is 1. The monoisotopic (exact) mass is 126 g/mol. The fourth-order valence-corrected chi connectivity index (χ4v) is 2.05. The highest BCUT2D eigenvalue weighted by Crippen LogP contribution is 2.41. The molecule has 0 aromatic carbocycles. The van der Waals surface area contributed by atoms with E-state index in [4.69, 9.17) is 0 Å². The van der Waals surface area contributed by atoms with E-state index in [1.165, 1.54) is 0 Å². The Kier molecular flexibility index (Phi) is 0.943. The summed E-state index contributed by atoms with van der Waals surface area (Å²) in [5.41, 5.74) is 0. The van der Waals surface area contributed by atoms with Crippen molar-refractivity contribution in [2.75, 3.05) is 0 Å². The van der Waals surface area contributed by atoms with Crippen molar-refractivity contribution in [2.24, 2.45) is 11.8 Å². The molecule has 0 aromatic rings. The van der Waals surface area contributed by atoms with E-state index in [9.17, 15) is 9.90 Å². The second-order valence-electron chi connectivity index (χ2n) is 3.10. The Morgan fingerprint density at radius 3 is 2.44 bits per heavy atom. The Morgan fingerprint density at radius 1 is 1.44 bits per heavy atom. The van der Waals surface area contributed by atoms with Gasteiger partial charge >= 0.3 is 0 Å². The van der Waals surface area contributed by atoms with Crippen LogP contribution in [0.3, 0.4) is 0 Å². The zero-order valence-electron chi connectivity index (χ0n) is 5.21. The lowest BCUT2D eigenvalue weighted by molar-refractivity contribution is -0.122. The molecular weight excluding hydrogens is 116 g/mol. The number of carbonyl (C=O) groups is 1. The minimum Gasteiger partial charge on any atom is -0.392 e. The summed E-state index contributed by atoms with van der Waals surface area (Å²) in [6.45, 7) is 0. The Bertz CT molecular complexity index is 153. The van der Waals surface area contributed by atoms with Crippen molar-refractivity contribution in [1.82, 2.24) is 0 Å². The molecule has 0 saturated heterocycles. The zero-order chi connectivity index (χ0) is 6.43. The van der Waals surface area contributed by atoms with Crippen LogP contribution in [0.5, 0.6) is 0 Å². The van der Waals surface area contributed by atoms with E-state index < -0.39 is 0 Å². The van der Waals surface area contributed by atoms with E-state index in [-0.39, 0.29) is 12.0 Å². The summed E-state index contributed by atoms with van der Waals surface area (Å²) >= 11 is 0. The van der Waals surface area contributed by atoms with Crippen LogP contribution in [0, 0.1) is 11.8 Å². The second kappa shape index (κ2) is 1.57. The molecule has 2 saturated carbocycles. The van der Waals surface area contributed by atoms with Crippen LogP contribution in [-0.4, -0.2) is 17.0 Å². The standard InChI is InChI=1S/C7H10O2/c8-6-3-4-1-2-5(6)7(4)9/h4-5,7,9H,1-3H2. The first-order valence-corrected chi connectivity index (χ1v) is 3.50. The molecule has 2 rings (SSSR count). The van der Waals surface area contributed by atoms with Gasteiger partial charge in [0.05, 0.1) is 6.10 Å². The second-order valence-corrected chi connectivity index (χ2v) is 3.10. The Morgan fingerprint density at radius 2 is 2.22 bits per heavy atom. The highest BCUT2D eigenvalue weighted by atomic mass is 16.3.